The van der Waals surface area contributed by atoms with Crippen LogP contribution in [0.3, 0.4) is 0 Å². The Bertz CT molecular complexity index is 427. The number of nitrogens with zero attached hydrogens (tertiary/aromatic N) is 1. The summed E-state index contributed by atoms with van der Waals surface area (Å²) < 4.78 is 4.43. The lowest BCUT2D eigenvalue weighted by Gasteiger charge is -2.17. The van der Waals surface area contributed by atoms with Crippen LogP contribution in [-0.4, -0.2) is 36.3 Å². The molecule has 0 radical (unpaired) electrons. The van der Waals surface area contributed by atoms with Gasteiger partial charge in [0, 0.05) is 12.5 Å². The third-order valence-electron chi connectivity index (χ3n) is 2.16. The number of benzene rings is 1. The smallest absolute Gasteiger partial charge is 0.325 e. The van der Waals surface area contributed by atoms with Gasteiger partial charge >= 0.3 is 5.97 Å². The Kier molecular flexibility index (Phi) is 4.39. The van der Waals surface area contributed by atoms with Crippen LogP contribution in [0.1, 0.15) is 17.3 Å². The van der Waals surface area contributed by atoms with E-state index in [1.54, 1.807) is 30.3 Å². The second kappa shape index (κ2) is 5.79. The number of methoxy groups -OCH3 is 1. The monoisotopic (exact) mass is 235 g/mol. The number of esters is 1. The van der Waals surface area contributed by atoms with Crippen LogP contribution in [-0.2, 0) is 14.3 Å². The first kappa shape index (κ1) is 12.9. The van der Waals surface area contributed by atoms with Crippen molar-refractivity contribution in [3.05, 3.63) is 35.9 Å². The SMILES string of the molecule is COC(=O)CN(C(C)=O)C(=O)c1ccccc1. The first-order valence-corrected chi connectivity index (χ1v) is 5.00. The molecule has 1 rings (SSSR count). The van der Waals surface area contributed by atoms with Crippen molar-refractivity contribution in [2.24, 2.45) is 0 Å². The molecule has 0 saturated carbocycles. The highest BCUT2D eigenvalue weighted by Crippen LogP contribution is 2.05. The lowest BCUT2D eigenvalue weighted by molar-refractivity contribution is -0.144. The van der Waals surface area contributed by atoms with Gasteiger partial charge in [-0.3, -0.25) is 19.3 Å². The van der Waals surface area contributed by atoms with Crippen LogP contribution in [0.15, 0.2) is 30.3 Å². The van der Waals surface area contributed by atoms with E-state index in [0.717, 1.165) is 4.90 Å². The van der Waals surface area contributed by atoms with Gasteiger partial charge in [-0.25, -0.2) is 0 Å². The van der Waals surface area contributed by atoms with Gasteiger partial charge in [0.05, 0.1) is 7.11 Å². The summed E-state index contributed by atoms with van der Waals surface area (Å²) in [5.41, 5.74) is 0.353. The minimum atomic E-state index is -0.635. The summed E-state index contributed by atoms with van der Waals surface area (Å²) in [7, 11) is 1.20. The molecule has 1 aromatic rings. The molecule has 0 fully saturated rings. The maximum absolute atomic E-state index is 11.9. The Labute approximate surface area is 99.0 Å². The van der Waals surface area contributed by atoms with Crippen LogP contribution in [0.25, 0.3) is 0 Å². The number of hydrogen-bond acceptors (Lipinski definition) is 4. The van der Waals surface area contributed by atoms with Crippen molar-refractivity contribution in [3.8, 4) is 0 Å². The van der Waals surface area contributed by atoms with Gasteiger partial charge in [-0.1, -0.05) is 18.2 Å². The number of rotatable bonds is 3. The number of carbonyl (C=O) groups excluding carboxylic acids is 3. The number of carbonyl (C=O) groups is 3. The van der Waals surface area contributed by atoms with E-state index < -0.39 is 17.8 Å². The molecule has 0 aromatic heterocycles. The second-order valence-corrected chi connectivity index (χ2v) is 3.35. The fraction of sp³-hybridized carbons (Fsp3) is 0.250. The zero-order valence-corrected chi connectivity index (χ0v) is 9.67. The fourth-order valence-electron chi connectivity index (χ4n) is 1.26. The van der Waals surface area contributed by atoms with Gasteiger partial charge in [0.2, 0.25) is 5.91 Å². The molecular weight excluding hydrogens is 222 g/mol. The molecule has 90 valence electrons. The van der Waals surface area contributed by atoms with Crippen LogP contribution in [0, 0.1) is 0 Å². The Hall–Kier alpha value is -2.17. The predicted octanol–water partition coefficient (Wildman–Crippen LogP) is 0.848. The van der Waals surface area contributed by atoms with E-state index in [2.05, 4.69) is 4.74 Å². The van der Waals surface area contributed by atoms with Crippen molar-refractivity contribution >= 4 is 17.8 Å². The molecule has 5 nitrogen and oxygen atoms in total. The maximum atomic E-state index is 11.9. The van der Waals surface area contributed by atoms with E-state index in [-0.39, 0.29) is 6.54 Å². The van der Waals surface area contributed by atoms with Gasteiger partial charge in [-0.2, -0.15) is 0 Å². The summed E-state index contributed by atoms with van der Waals surface area (Å²) in [5, 5.41) is 0. The number of ether oxygens (including phenoxy) is 1. The average Bonchev–Trinajstić information content (AvgIpc) is 2.35. The summed E-state index contributed by atoms with van der Waals surface area (Å²) in [6.45, 7) is 0.851. The van der Waals surface area contributed by atoms with Crippen LogP contribution >= 0.6 is 0 Å². The summed E-state index contributed by atoms with van der Waals surface area (Å²) in [5.74, 6) is -1.64. The molecule has 0 N–H and O–H groups in total. The lowest BCUT2D eigenvalue weighted by atomic mass is 10.2. The molecule has 0 aliphatic rings. The van der Waals surface area contributed by atoms with Gasteiger partial charge in [0.15, 0.2) is 0 Å². The summed E-state index contributed by atoms with van der Waals surface area (Å²) in [6, 6.07) is 8.29. The van der Waals surface area contributed by atoms with Crippen molar-refractivity contribution in [2.75, 3.05) is 13.7 Å². The quantitative estimate of drug-likeness (QED) is 0.728. The minimum absolute atomic E-state index is 0.353. The standard InChI is InChI=1S/C12H13NO4/c1-9(14)13(8-11(15)17-2)12(16)10-6-4-3-5-7-10/h3-7H,8H2,1-2H3. The van der Waals surface area contributed by atoms with Gasteiger partial charge < -0.3 is 4.74 Å². The van der Waals surface area contributed by atoms with Gasteiger partial charge in [-0.05, 0) is 12.1 Å². The normalized spacial score (nSPS) is 9.53. The molecule has 5 heteroatoms. The third kappa shape index (κ3) is 3.41. The molecular formula is C12H13NO4. The maximum Gasteiger partial charge on any atom is 0.325 e. The Morgan fingerprint density at radius 1 is 1.18 bits per heavy atom. The number of imide groups is 1. The zero-order chi connectivity index (χ0) is 12.8. The molecule has 1 aromatic carbocycles. The molecule has 0 aliphatic heterocycles. The van der Waals surface area contributed by atoms with Crippen molar-refractivity contribution < 1.29 is 19.1 Å². The van der Waals surface area contributed by atoms with Crippen molar-refractivity contribution in [1.29, 1.82) is 0 Å². The van der Waals surface area contributed by atoms with Crippen LogP contribution in [0.4, 0.5) is 0 Å². The largest absolute Gasteiger partial charge is 0.468 e. The molecule has 0 heterocycles. The van der Waals surface area contributed by atoms with E-state index in [1.165, 1.54) is 14.0 Å². The van der Waals surface area contributed by atoms with Crippen molar-refractivity contribution in [3.63, 3.8) is 0 Å². The van der Waals surface area contributed by atoms with Crippen LogP contribution < -0.4 is 0 Å². The first-order chi connectivity index (χ1) is 8.06. The minimum Gasteiger partial charge on any atom is -0.468 e. The van der Waals surface area contributed by atoms with Gasteiger partial charge in [-0.15, -0.1) is 0 Å². The highest BCUT2D eigenvalue weighted by molar-refractivity contribution is 6.05. The Morgan fingerprint density at radius 3 is 2.24 bits per heavy atom. The summed E-state index contributed by atoms with van der Waals surface area (Å²) in [4.78, 5) is 35.2. The van der Waals surface area contributed by atoms with Crippen molar-refractivity contribution in [2.45, 2.75) is 6.92 Å². The topological polar surface area (TPSA) is 63.7 Å². The van der Waals surface area contributed by atoms with E-state index in [4.69, 9.17) is 0 Å². The fourth-order valence-corrected chi connectivity index (χ4v) is 1.26. The van der Waals surface area contributed by atoms with E-state index >= 15 is 0 Å². The van der Waals surface area contributed by atoms with E-state index in [0.29, 0.717) is 5.56 Å². The Balaban J connectivity index is 2.89. The Morgan fingerprint density at radius 2 is 1.76 bits per heavy atom. The van der Waals surface area contributed by atoms with Crippen molar-refractivity contribution in [1.82, 2.24) is 4.90 Å². The summed E-state index contributed by atoms with van der Waals surface area (Å²) in [6.07, 6.45) is 0. The molecule has 0 bridgehead atoms. The zero-order valence-electron chi connectivity index (χ0n) is 9.67. The molecule has 0 saturated heterocycles. The molecule has 0 aliphatic carbocycles. The average molecular weight is 235 g/mol. The molecule has 2 amide bonds. The molecule has 0 atom stereocenters. The molecule has 0 spiro atoms. The lowest BCUT2D eigenvalue weighted by Crippen LogP contribution is -2.39. The third-order valence-corrected chi connectivity index (χ3v) is 2.16. The highest BCUT2D eigenvalue weighted by Gasteiger charge is 2.22. The number of amides is 2. The molecule has 17 heavy (non-hydrogen) atoms. The van der Waals surface area contributed by atoms with Crippen LogP contribution in [0.5, 0.6) is 0 Å². The van der Waals surface area contributed by atoms with Gasteiger partial charge in [0.1, 0.15) is 6.54 Å². The highest BCUT2D eigenvalue weighted by atomic mass is 16.5. The summed E-state index contributed by atoms with van der Waals surface area (Å²) >= 11 is 0. The second-order valence-electron chi connectivity index (χ2n) is 3.35. The van der Waals surface area contributed by atoms with Gasteiger partial charge in [0.25, 0.3) is 5.91 Å². The van der Waals surface area contributed by atoms with E-state index in [1.807, 2.05) is 0 Å². The molecule has 0 unspecified atom stereocenters. The number of hydrogen-bond donors (Lipinski definition) is 0. The van der Waals surface area contributed by atoms with E-state index in [9.17, 15) is 14.4 Å². The first-order valence-electron chi connectivity index (χ1n) is 5.00. The van der Waals surface area contributed by atoms with Crippen LogP contribution in [0.2, 0.25) is 0 Å². The predicted molar refractivity (Wildman–Crippen MR) is 60.2 cm³/mol.